The van der Waals surface area contributed by atoms with Crippen LogP contribution in [0.3, 0.4) is 0 Å². The Bertz CT molecular complexity index is 365. The molecule has 0 aromatic carbocycles. The highest BCUT2D eigenvalue weighted by Gasteiger charge is 2.35. The summed E-state index contributed by atoms with van der Waals surface area (Å²) in [5, 5.41) is 8.56. The molecule has 0 aliphatic rings. The van der Waals surface area contributed by atoms with Crippen molar-refractivity contribution in [2.75, 3.05) is 20.6 Å². The largest absolute Gasteiger partial charge is 0.307 e. The second-order valence-electron chi connectivity index (χ2n) is 5.44. The van der Waals surface area contributed by atoms with Gasteiger partial charge in [0.05, 0.1) is 23.0 Å². The number of halogens is 1. The number of hydrogen-bond acceptors (Lipinski definition) is 3. The summed E-state index contributed by atoms with van der Waals surface area (Å²) in [5.41, 5.74) is 0.996. The molecule has 1 N–H and O–H groups in total. The summed E-state index contributed by atoms with van der Waals surface area (Å²) in [6.07, 6.45) is 2.80. The molecule has 1 aromatic heterocycles. The fraction of sp³-hybridized carbons (Fsp3) is 0.769. The molecule has 0 fully saturated rings. The van der Waals surface area contributed by atoms with Crippen LogP contribution in [-0.4, -0.2) is 40.9 Å². The Kier molecular flexibility index (Phi) is 5.20. The number of aryl methyl sites for hydroxylation is 1. The van der Waals surface area contributed by atoms with Crippen molar-refractivity contribution in [2.24, 2.45) is 7.05 Å². The molecular weight excluding hydrogens is 248 g/mol. The lowest BCUT2D eigenvalue weighted by molar-refractivity contribution is 0.133. The van der Waals surface area contributed by atoms with Crippen molar-refractivity contribution in [3.8, 4) is 0 Å². The predicted octanol–water partition coefficient (Wildman–Crippen LogP) is 2.45. The van der Waals surface area contributed by atoms with E-state index in [1.165, 1.54) is 0 Å². The molecule has 1 aromatic rings. The third kappa shape index (κ3) is 3.05. The molecule has 1 rings (SSSR count). The fourth-order valence-electron chi connectivity index (χ4n) is 1.97. The van der Waals surface area contributed by atoms with Crippen molar-refractivity contribution in [2.45, 2.75) is 38.8 Å². The van der Waals surface area contributed by atoms with Crippen molar-refractivity contribution < 1.29 is 0 Å². The van der Waals surface area contributed by atoms with Gasteiger partial charge in [0.1, 0.15) is 0 Å². The van der Waals surface area contributed by atoms with Gasteiger partial charge in [0.15, 0.2) is 0 Å². The summed E-state index contributed by atoms with van der Waals surface area (Å²) >= 11 is 6.29. The van der Waals surface area contributed by atoms with Gasteiger partial charge in [-0.25, -0.2) is 0 Å². The zero-order valence-electron chi connectivity index (χ0n) is 12.3. The van der Waals surface area contributed by atoms with E-state index < -0.39 is 0 Å². The molecule has 1 heterocycles. The van der Waals surface area contributed by atoms with Crippen LogP contribution in [0, 0.1) is 0 Å². The number of aromatic nitrogens is 2. The zero-order valence-corrected chi connectivity index (χ0v) is 13.0. The molecule has 0 amide bonds. The molecule has 1 unspecified atom stereocenters. The van der Waals surface area contributed by atoms with Crippen molar-refractivity contribution in [1.29, 1.82) is 0 Å². The minimum absolute atomic E-state index is 0.0490. The van der Waals surface area contributed by atoms with E-state index in [4.69, 9.17) is 11.6 Å². The van der Waals surface area contributed by atoms with Gasteiger partial charge in [0.2, 0.25) is 0 Å². The molecule has 4 nitrogen and oxygen atoms in total. The molecule has 1 atom stereocenters. The van der Waals surface area contributed by atoms with Crippen molar-refractivity contribution >= 4 is 11.6 Å². The Morgan fingerprint density at radius 1 is 1.50 bits per heavy atom. The van der Waals surface area contributed by atoms with Crippen molar-refractivity contribution in [1.82, 2.24) is 20.0 Å². The highest BCUT2D eigenvalue weighted by atomic mass is 35.5. The molecule has 0 bridgehead atoms. The SMILES string of the molecule is CCCNC(c1c(Cl)cnn1C)C(C)(C)N(C)C. The van der Waals surface area contributed by atoms with Gasteiger partial charge in [0, 0.05) is 12.6 Å². The van der Waals surface area contributed by atoms with E-state index in [1.54, 1.807) is 6.20 Å². The summed E-state index contributed by atoms with van der Waals surface area (Å²) in [7, 11) is 6.11. The standard InChI is InChI=1S/C13H25ClN4/c1-7-8-15-12(13(2,3)17(4)5)11-10(14)9-16-18(11)6/h9,12,15H,7-8H2,1-6H3. The molecule has 0 saturated carbocycles. The highest BCUT2D eigenvalue weighted by Crippen LogP contribution is 2.33. The number of hydrogen-bond donors (Lipinski definition) is 1. The summed E-state index contributed by atoms with van der Waals surface area (Å²) < 4.78 is 1.86. The second kappa shape index (κ2) is 6.04. The summed E-state index contributed by atoms with van der Waals surface area (Å²) in [4.78, 5) is 2.21. The average molecular weight is 273 g/mol. The van der Waals surface area contributed by atoms with Crippen LogP contribution in [0.2, 0.25) is 5.02 Å². The topological polar surface area (TPSA) is 33.1 Å². The third-order valence-corrected chi connectivity index (χ3v) is 3.96. The van der Waals surface area contributed by atoms with E-state index in [-0.39, 0.29) is 11.6 Å². The van der Waals surface area contributed by atoms with Gasteiger partial charge in [-0.1, -0.05) is 18.5 Å². The minimum atomic E-state index is -0.0490. The van der Waals surface area contributed by atoms with E-state index in [2.05, 4.69) is 50.2 Å². The lowest BCUT2D eigenvalue weighted by atomic mass is 9.90. The van der Waals surface area contributed by atoms with E-state index in [1.807, 2.05) is 11.7 Å². The molecule has 0 spiro atoms. The van der Waals surface area contributed by atoms with Gasteiger partial charge in [-0.2, -0.15) is 5.10 Å². The fourth-order valence-corrected chi connectivity index (χ4v) is 2.25. The van der Waals surface area contributed by atoms with Crippen LogP contribution in [0.4, 0.5) is 0 Å². The first-order valence-corrected chi connectivity index (χ1v) is 6.78. The summed E-state index contributed by atoms with van der Waals surface area (Å²) in [6.45, 7) is 7.55. The lowest BCUT2D eigenvalue weighted by Gasteiger charge is -2.40. The maximum absolute atomic E-state index is 6.29. The quantitative estimate of drug-likeness (QED) is 0.864. The van der Waals surface area contributed by atoms with E-state index in [9.17, 15) is 0 Å². The van der Waals surface area contributed by atoms with Gasteiger partial charge in [0.25, 0.3) is 0 Å². The van der Waals surface area contributed by atoms with Crippen molar-refractivity contribution in [3.63, 3.8) is 0 Å². The van der Waals surface area contributed by atoms with Gasteiger partial charge < -0.3 is 10.2 Å². The normalized spacial score (nSPS) is 14.2. The average Bonchev–Trinajstić information content (AvgIpc) is 2.60. The molecule has 0 saturated heterocycles. The highest BCUT2D eigenvalue weighted by molar-refractivity contribution is 6.31. The first-order chi connectivity index (χ1) is 8.32. The van der Waals surface area contributed by atoms with Crippen LogP contribution in [0.25, 0.3) is 0 Å². The summed E-state index contributed by atoms with van der Waals surface area (Å²) in [5.74, 6) is 0. The van der Waals surface area contributed by atoms with Crippen LogP contribution in [0.15, 0.2) is 6.20 Å². The van der Waals surface area contributed by atoms with Crippen LogP contribution >= 0.6 is 11.6 Å². The first-order valence-electron chi connectivity index (χ1n) is 6.40. The molecular formula is C13H25ClN4. The van der Waals surface area contributed by atoms with Crippen LogP contribution in [-0.2, 0) is 7.05 Å². The Morgan fingerprint density at radius 3 is 2.50 bits per heavy atom. The monoisotopic (exact) mass is 272 g/mol. The maximum Gasteiger partial charge on any atom is 0.0834 e. The Hall–Kier alpha value is -0.580. The van der Waals surface area contributed by atoms with Gasteiger partial charge in [-0.3, -0.25) is 4.68 Å². The maximum atomic E-state index is 6.29. The summed E-state index contributed by atoms with van der Waals surface area (Å²) in [6, 6.07) is 0.146. The molecule has 0 radical (unpaired) electrons. The minimum Gasteiger partial charge on any atom is -0.307 e. The van der Waals surface area contributed by atoms with E-state index in [0.717, 1.165) is 23.7 Å². The van der Waals surface area contributed by atoms with E-state index >= 15 is 0 Å². The smallest absolute Gasteiger partial charge is 0.0834 e. The number of nitrogens with one attached hydrogen (secondary N) is 1. The Balaban J connectivity index is 3.13. The number of likely N-dealkylation sites (N-methyl/N-ethyl adjacent to an activating group) is 1. The zero-order chi connectivity index (χ0) is 13.9. The first kappa shape index (κ1) is 15.5. The molecule has 18 heavy (non-hydrogen) atoms. The molecule has 0 aliphatic carbocycles. The van der Waals surface area contributed by atoms with Crippen LogP contribution in [0.1, 0.15) is 38.9 Å². The Morgan fingerprint density at radius 2 is 2.11 bits per heavy atom. The van der Waals surface area contributed by atoms with Gasteiger partial charge >= 0.3 is 0 Å². The predicted molar refractivity (Wildman–Crippen MR) is 77.0 cm³/mol. The lowest BCUT2D eigenvalue weighted by Crippen LogP contribution is -2.50. The third-order valence-electron chi connectivity index (χ3n) is 3.67. The van der Waals surface area contributed by atoms with Gasteiger partial charge in [-0.05, 0) is 40.9 Å². The number of nitrogens with zero attached hydrogens (tertiary/aromatic N) is 3. The molecule has 0 aliphatic heterocycles. The van der Waals surface area contributed by atoms with Gasteiger partial charge in [-0.15, -0.1) is 0 Å². The molecule has 5 heteroatoms. The second-order valence-corrected chi connectivity index (χ2v) is 5.84. The van der Waals surface area contributed by atoms with Crippen LogP contribution in [0.5, 0.6) is 0 Å². The number of rotatable bonds is 6. The van der Waals surface area contributed by atoms with Crippen molar-refractivity contribution in [3.05, 3.63) is 16.9 Å². The van der Waals surface area contributed by atoms with E-state index in [0.29, 0.717) is 0 Å². The molecule has 104 valence electrons. The van der Waals surface area contributed by atoms with Crippen LogP contribution < -0.4 is 5.32 Å². The Labute approximate surface area is 115 Å².